The Bertz CT molecular complexity index is 755. The summed E-state index contributed by atoms with van der Waals surface area (Å²) in [6.45, 7) is 7.71. The number of aromatic nitrogens is 2. The third kappa shape index (κ3) is 5.01. The second-order valence-electron chi connectivity index (χ2n) is 7.00. The van der Waals surface area contributed by atoms with Gasteiger partial charge in [-0.05, 0) is 38.1 Å². The van der Waals surface area contributed by atoms with Gasteiger partial charge in [0.05, 0.1) is 13.2 Å². The van der Waals surface area contributed by atoms with Gasteiger partial charge < -0.3 is 25.0 Å². The van der Waals surface area contributed by atoms with Crippen LogP contribution in [0.25, 0.3) is 0 Å². The van der Waals surface area contributed by atoms with Gasteiger partial charge >= 0.3 is 0 Å². The molecule has 0 spiro atoms. The lowest BCUT2D eigenvalue weighted by molar-refractivity contribution is 0.216. The maximum atomic E-state index is 6.17. The molecule has 0 saturated carbocycles. The Labute approximate surface area is 161 Å². The van der Waals surface area contributed by atoms with Gasteiger partial charge in [-0.25, -0.2) is 4.98 Å². The van der Waals surface area contributed by atoms with Crippen molar-refractivity contribution in [2.75, 3.05) is 51.0 Å². The van der Waals surface area contributed by atoms with Gasteiger partial charge in [0.2, 0.25) is 5.95 Å². The van der Waals surface area contributed by atoms with Crippen LogP contribution < -0.4 is 20.1 Å². The summed E-state index contributed by atoms with van der Waals surface area (Å²) in [5.41, 5.74) is 0.860. The summed E-state index contributed by atoms with van der Waals surface area (Å²) in [4.78, 5) is 11.0. The molecule has 2 heterocycles. The Morgan fingerprint density at radius 1 is 1.19 bits per heavy atom. The molecule has 1 aromatic heterocycles. The van der Waals surface area contributed by atoms with Gasteiger partial charge in [0.15, 0.2) is 11.5 Å². The predicted octanol–water partition coefficient (Wildman–Crippen LogP) is 3.24. The average molecular weight is 371 g/mol. The Kier molecular flexibility index (Phi) is 6.34. The summed E-state index contributed by atoms with van der Waals surface area (Å²) >= 11 is 0. The van der Waals surface area contributed by atoms with Crippen LogP contribution in [0.15, 0.2) is 30.5 Å². The highest BCUT2D eigenvalue weighted by Crippen LogP contribution is 2.33. The summed E-state index contributed by atoms with van der Waals surface area (Å²) < 4.78 is 11.9. The maximum Gasteiger partial charge on any atom is 0.229 e. The van der Waals surface area contributed by atoms with Gasteiger partial charge in [0, 0.05) is 44.0 Å². The predicted molar refractivity (Wildman–Crippen MR) is 108 cm³/mol. The summed E-state index contributed by atoms with van der Waals surface area (Å²) in [5.74, 6) is 3.94. The third-order valence-corrected chi connectivity index (χ3v) is 4.81. The number of anilines is 3. The van der Waals surface area contributed by atoms with Gasteiger partial charge in [-0.15, -0.1) is 0 Å². The number of hydrogen-bond donors (Lipinski definition) is 2. The first kappa shape index (κ1) is 19.2. The second-order valence-corrected chi connectivity index (χ2v) is 7.00. The highest BCUT2D eigenvalue weighted by Gasteiger charge is 2.28. The molecule has 1 fully saturated rings. The number of rotatable bonds is 8. The zero-order chi connectivity index (χ0) is 19.2. The number of likely N-dealkylation sites (tertiary alicyclic amines) is 1. The Morgan fingerprint density at radius 3 is 2.74 bits per heavy atom. The Hall–Kier alpha value is -2.54. The minimum Gasteiger partial charge on any atom is -0.490 e. The molecule has 3 rings (SSSR count). The van der Waals surface area contributed by atoms with Crippen molar-refractivity contribution < 1.29 is 9.47 Å². The third-order valence-electron chi connectivity index (χ3n) is 4.81. The minimum atomic E-state index is 0.525. The number of nitrogens with one attached hydrogen (secondary N) is 2. The lowest BCUT2D eigenvalue weighted by Crippen LogP contribution is -2.19. The van der Waals surface area contributed by atoms with E-state index in [4.69, 9.17) is 9.47 Å². The number of benzene rings is 1. The molecular formula is C20H29N5O2. The van der Waals surface area contributed by atoms with Gasteiger partial charge in [-0.3, -0.25) is 0 Å². The van der Waals surface area contributed by atoms with E-state index in [9.17, 15) is 0 Å². The summed E-state index contributed by atoms with van der Waals surface area (Å²) in [6, 6.07) is 7.63. The minimum absolute atomic E-state index is 0.525. The monoisotopic (exact) mass is 371 g/mol. The molecule has 2 atom stereocenters. The van der Waals surface area contributed by atoms with E-state index in [2.05, 4.69) is 39.5 Å². The van der Waals surface area contributed by atoms with Crippen molar-refractivity contribution in [3.8, 4) is 11.5 Å². The lowest BCUT2D eigenvalue weighted by atomic mass is 9.99. The molecule has 146 valence electrons. The molecule has 0 aliphatic carbocycles. The standard InChI is InChI=1S/C20H29N5O2/c1-5-26-17-7-6-16(23-20-22-9-8-19(21-3)24-20)10-18(17)27-13-15-12-25(4)11-14(15)2/h6-10,14-15H,5,11-13H2,1-4H3,(H2,21,22,23,24)/t14-,15+/m1/s1. The van der Waals surface area contributed by atoms with Crippen LogP contribution in [-0.4, -0.2) is 55.3 Å². The van der Waals surface area contributed by atoms with Crippen LogP contribution in [0.4, 0.5) is 17.5 Å². The zero-order valence-electron chi connectivity index (χ0n) is 16.5. The van der Waals surface area contributed by atoms with Crippen LogP contribution in [0.2, 0.25) is 0 Å². The first-order valence-corrected chi connectivity index (χ1v) is 9.45. The molecule has 1 saturated heterocycles. The first-order valence-electron chi connectivity index (χ1n) is 9.45. The summed E-state index contributed by atoms with van der Waals surface area (Å²) in [5, 5.41) is 6.24. The summed E-state index contributed by atoms with van der Waals surface area (Å²) in [7, 11) is 3.99. The smallest absolute Gasteiger partial charge is 0.229 e. The lowest BCUT2D eigenvalue weighted by Gasteiger charge is -2.18. The Balaban J connectivity index is 1.73. The van der Waals surface area contributed by atoms with Gasteiger partial charge in [0.1, 0.15) is 5.82 Å². The highest BCUT2D eigenvalue weighted by atomic mass is 16.5. The van der Waals surface area contributed by atoms with Gasteiger partial charge in [-0.1, -0.05) is 6.92 Å². The fraction of sp³-hybridized carbons (Fsp3) is 0.500. The molecule has 2 N–H and O–H groups in total. The largest absolute Gasteiger partial charge is 0.490 e. The molecule has 0 bridgehead atoms. The van der Waals surface area contributed by atoms with Gasteiger partial charge in [-0.2, -0.15) is 4.98 Å². The molecule has 0 radical (unpaired) electrons. The molecule has 7 nitrogen and oxygen atoms in total. The van der Waals surface area contributed by atoms with Gasteiger partial charge in [0.25, 0.3) is 0 Å². The normalized spacial score (nSPS) is 19.7. The van der Waals surface area contributed by atoms with E-state index in [-0.39, 0.29) is 0 Å². The van der Waals surface area contributed by atoms with Crippen molar-refractivity contribution in [3.63, 3.8) is 0 Å². The molecule has 0 amide bonds. The van der Waals surface area contributed by atoms with Crippen LogP contribution in [-0.2, 0) is 0 Å². The molecule has 1 aromatic carbocycles. The van der Waals surface area contributed by atoms with Crippen LogP contribution >= 0.6 is 0 Å². The molecule has 27 heavy (non-hydrogen) atoms. The fourth-order valence-electron chi connectivity index (χ4n) is 3.37. The Morgan fingerprint density at radius 2 is 2.04 bits per heavy atom. The fourth-order valence-corrected chi connectivity index (χ4v) is 3.37. The van der Waals surface area contributed by atoms with Crippen molar-refractivity contribution in [3.05, 3.63) is 30.5 Å². The number of nitrogens with zero attached hydrogens (tertiary/aromatic N) is 3. The van der Waals surface area contributed by atoms with E-state index < -0.39 is 0 Å². The van der Waals surface area contributed by atoms with Crippen molar-refractivity contribution in [1.82, 2.24) is 14.9 Å². The van der Waals surface area contributed by atoms with E-state index in [1.54, 1.807) is 6.20 Å². The van der Waals surface area contributed by atoms with Crippen LogP contribution in [0, 0.1) is 11.8 Å². The molecular weight excluding hydrogens is 342 g/mol. The van der Waals surface area contributed by atoms with E-state index in [0.29, 0.717) is 31.0 Å². The van der Waals surface area contributed by atoms with Crippen LogP contribution in [0.3, 0.4) is 0 Å². The summed E-state index contributed by atoms with van der Waals surface area (Å²) in [6.07, 6.45) is 1.71. The molecule has 7 heteroatoms. The molecule has 1 aliphatic rings. The van der Waals surface area contributed by atoms with Crippen molar-refractivity contribution in [1.29, 1.82) is 0 Å². The van der Waals surface area contributed by atoms with Crippen molar-refractivity contribution in [2.45, 2.75) is 13.8 Å². The first-order chi connectivity index (χ1) is 13.1. The molecule has 0 unspecified atom stereocenters. The highest BCUT2D eigenvalue weighted by molar-refractivity contribution is 5.60. The average Bonchev–Trinajstić information content (AvgIpc) is 2.99. The zero-order valence-corrected chi connectivity index (χ0v) is 16.5. The van der Waals surface area contributed by atoms with E-state index in [1.807, 2.05) is 38.2 Å². The number of hydrogen-bond acceptors (Lipinski definition) is 7. The molecule has 2 aromatic rings. The van der Waals surface area contributed by atoms with Crippen LogP contribution in [0.5, 0.6) is 11.5 Å². The van der Waals surface area contributed by atoms with Crippen molar-refractivity contribution >= 4 is 17.5 Å². The van der Waals surface area contributed by atoms with Crippen LogP contribution in [0.1, 0.15) is 13.8 Å². The SMILES string of the molecule is CCOc1ccc(Nc2nccc(NC)n2)cc1OC[C@@H]1CN(C)C[C@H]1C. The number of ether oxygens (including phenoxy) is 2. The van der Waals surface area contributed by atoms with E-state index in [0.717, 1.165) is 36.1 Å². The van der Waals surface area contributed by atoms with E-state index in [1.165, 1.54) is 0 Å². The maximum absolute atomic E-state index is 6.17. The quantitative estimate of drug-likeness (QED) is 0.738. The van der Waals surface area contributed by atoms with E-state index >= 15 is 0 Å². The second kappa shape index (κ2) is 8.90. The molecule has 1 aliphatic heterocycles. The topological polar surface area (TPSA) is 71.5 Å². The van der Waals surface area contributed by atoms with Crippen molar-refractivity contribution in [2.24, 2.45) is 11.8 Å².